The Morgan fingerprint density at radius 1 is 1.20 bits per heavy atom. The lowest BCUT2D eigenvalue weighted by Gasteiger charge is -2.23. The molecule has 5 nitrogen and oxygen atoms in total. The second kappa shape index (κ2) is 12.3. The number of halogens is 3. The molecule has 1 aromatic heterocycles. The molecule has 0 atom stereocenters. The van der Waals surface area contributed by atoms with Gasteiger partial charge in [-0.05, 0) is 31.6 Å². The fraction of sp³-hybridized carbons (Fsp3) is 0.714. The Morgan fingerprint density at radius 3 is 2.10 bits per heavy atom. The van der Waals surface area contributed by atoms with Crippen LogP contribution in [0.4, 0.5) is 13.2 Å². The van der Waals surface area contributed by atoms with Gasteiger partial charge in [-0.25, -0.2) is 0 Å². The van der Waals surface area contributed by atoms with E-state index in [0.717, 1.165) is 43.4 Å². The highest BCUT2D eigenvalue weighted by Crippen LogP contribution is 2.43. The number of aromatic nitrogens is 1. The number of alkyl halides is 3. The highest BCUT2D eigenvalue weighted by atomic mass is 32.1. The van der Waals surface area contributed by atoms with Crippen LogP contribution in [-0.2, 0) is 0 Å². The Balaban J connectivity index is 0.000000294. The maximum Gasteiger partial charge on any atom is 0.391 e. The van der Waals surface area contributed by atoms with E-state index in [0.29, 0.717) is 18.8 Å². The summed E-state index contributed by atoms with van der Waals surface area (Å²) in [5.74, 6) is 0.405. The van der Waals surface area contributed by atoms with Gasteiger partial charge in [0.25, 0.3) is 0 Å². The third-order valence-electron chi connectivity index (χ3n) is 4.92. The molecule has 0 aromatic carbocycles. The van der Waals surface area contributed by atoms with Crippen molar-refractivity contribution in [1.82, 2.24) is 8.87 Å². The molecule has 0 radical (unpaired) electrons. The van der Waals surface area contributed by atoms with E-state index in [9.17, 15) is 13.2 Å². The molecular formula is C21H35F3N4OS. The topological polar surface area (TPSA) is 65.1 Å². The molecule has 2 aliphatic carbocycles. The van der Waals surface area contributed by atoms with Crippen molar-refractivity contribution in [1.29, 1.82) is 10.8 Å². The van der Waals surface area contributed by atoms with Crippen molar-refractivity contribution in [3.63, 3.8) is 0 Å². The van der Waals surface area contributed by atoms with E-state index >= 15 is 0 Å². The quantitative estimate of drug-likeness (QED) is 0.297. The predicted molar refractivity (Wildman–Crippen MR) is 117 cm³/mol. The molecule has 2 saturated carbocycles. The first-order chi connectivity index (χ1) is 14.1. The number of methoxy groups -OCH3 is 1. The standard InChI is InChI=1S/C11H16N4OS.C7H11F3.C3H8/c1-14(17)11(13)15-6-8(7-3-4-7)9(16-2)5-10(15)12;8-7(9,10)6-4-2-1-3-5-6;1-3-2/h5-7,12-13,17H,3-4H2,1-2H3;6H,1-5H2;3H2,1-2H3. The van der Waals surface area contributed by atoms with E-state index in [4.69, 9.17) is 15.6 Å². The third-order valence-corrected chi connectivity index (χ3v) is 5.11. The van der Waals surface area contributed by atoms with Crippen LogP contribution in [0.15, 0.2) is 12.3 Å². The molecule has 1 aromatic rings. The molecule has 0 unspecified atom stereocenters. The number of hydrogen-bond donors (Lipinski definition) is 3. The molecule has 2 N–H and O–H groups in total. The number of nitrogens with zero attached hydrogens (tertiary/aromatic N) is 2. The summed E-state index contributed by atoms with van der Waals surface area (Å²) >= 11 is 4.08. The van der Waals surface area contributed by atoms with Crippen LogP contribution < -0.4 is 10.2 Å². The molecule has 2 fully saturated rings. The maximum atomic E-state index is 11.9. The molecule has 9 heteroatoms. The van der Waals surface area contributed by atoms with Gasteiger partial charge < -0.3 is 4.74 Å². The second-order valence-corrected chi connectivity index (χ2v) is 8.36. The second-order valence-electron chi connectivity index (χ2n) is 7.76. The number of ether oxygens (including phenoxy) is 1. The van der Waals surface area contributed by atoms with Crippen molar-refractivity contribution in [3.8, 4) is 5.75 Å². The Morgan fingerprint density at radius 2 is 1.73 bits per heavy atom. The van der Waals surface area contributed by atoms with Crippen molar-refractivity contribution >= 4 is 18.8 Å². The lowest BCUT2D eigenvalue weighted by Crippen LogP contribution is -2.33. The van der Waals surface area contributed by atoms with E-state index in [1.54, 1.807) is 20.2 Å². The zero-order chi connectivity index (χ0) is 22.9. The Kier molecular flexibility index (Phi) is 10.8. The van der Waals surface area contributed by atoms with Gasteiger partial charge in [-0.1, -0.05) is 52.3 Å². The van der Waals surface area contributed by atoms with E-state index < -0.39 is 12.1 Å². The Labute approximate surface area is 183 Å². The van der Waals surface area contributed by atoms with Crippen LogP contribution in [0.25, 0.3) is 0 Å². The molecule has 0 aliphatic heterocycles. The average Bonchev–Trinajstić information content (AvgIpc) is 3.53. The van der Waals surface area contributed by atoms with Crippen LogP contribution in [-0.4, -0.2) is 35.2 Å². The molecule has 0 bridgehead atoms. The molecule has 30 heavy (non-hydrogen) atoms. The van der Waals surface area contributed by atoms with E-state index in [2.05, 4.69) is 26.7 Å². The molecule has 2 aliphatic rings. The van der Waals surface area contributed by atoms with Crippen LogP contribution in [0, 0.1) is 16.7 Å². The smallest absolute Gasteiger partial charge is 0.391 e. The molecular weight excluding hydrogens is 413 g/mol. The van der Waals surface area contributed by atoms with Crippen molar-refractivity contribution < 1.29 is 17.9 Å². The van der Waals surface area contributed by atoms with Gasteiger partial charge >= 0.3 is 6.18 Å². The summed E-state index contributed by atoms with van der Waals surface area (Å²) < 4.78 is 44.0. The van der Waals surface area contributed by atoms with E-state index in [1.807, 2.05) is 6.20 Å². The Hall–Kier alpha value is -1.64. The minimum atomic E-state index is -3.93. The summed E-state index contributed by atoms with van der Waals surface area (Å²) in [6.45, 7) is 4.25. The number of thiol groups is 1. The molecule has 0 amide bonds. The fourth-order valence-electron chi connectivity index (χ4n) is 3.19. The summed E-state index contributed by atoms with van der Waals surface area (Å²) in [5, 5.41) is 15.7. The molecule has 172 valence electrons. The van der Waals surface area contributed by atoms with Gasteiger partial charge in [-0.3, -0.25) is 19.7 Å². The zero-order valence-electron chi connectivity index (χ0n) is 18.4. The SMILES string of the molecule is CCC.COc1cc(=N)n(C(=N)N(C)S)cc1C1CC1.FC(F)(F)C1CCCCC1. The number of pyridine rings is 1. The van der Waals surface area contributed by atoms with Crippen molar-refractivity contribution in [3.05, 3.63) is 23.3 Å². The minimum Gasteiger partial charge on any atom is -0.496 e. The fourth-order valence-corrected chi connectivity index (χ4v) is 3.28. The van der Waals surface area contributed by atoms with Crippen LogP contribution in [0.1, 0.15) is 76.7 Å². The zero-order valence-corrected chi connectivity index (χ0v) is 19.2. The predicted octanol–water partition coefficient (Wildman–Crippen LogP) is 5.96. The van der Waals surface area contributed by atoms with Gasteiger partial charge in [-0.2, -0.15) is 13.2 Å². The summed E-state index contributed by atoms with van der Waals surface area (Å²) in [5.41, 5.74) is 1.29. The Bertz CT molecular complexity index is 724. The van der Waals surface area contributed by atoms with Gasteiger partial charge in [0, 0.05) is 24.9 Å². The van der Waals surface area contributed by atoms with Gasteiger partial charge in [0.05, 0.1) is 13.0 Å². The summed E-state index contributed by atoms with van der Waals surface area (Å²) in [6, 6.07) is 1.65. The van der Waals surface area contributed by atoms with Crippen molar-refractivity contribution in [2.75, 3.05) is 14.2 Å². The molecule has 0 saturated heterocycles. The number of nitrogens with one attached hydrogen (secondary N) is 2. The lowest BCUT2D eigenvalue weighted by atomic mass is 9.89. The van der Waals surface area contributed by atoms with Crippen LogP contribution in [0.5, 0.6) is 5.75 Å². The largest absolute Gasteiger partial charge is 0.496 e. The van der Waals surface area contributed by atoms with Gasteiger partial charge in [-0.15, -0.1) is 0 Å². The summed E-state index contributed by atoms with van der Waals surface area (Å²) in [6.07, 6.45) is 4.62. The van der Waals surface area contributed by atoms with Crippen LogP contribution >= 0.6 is 12.8 Å². The first-order valence-electron chi connectivity index (χ1n) is 10.5. The van der Waals surface area contributed by atoms with E-state index in [1.165, 1.54) is 15.3 Å². The summed E-state index contributed by atoms with van der Waals surface area (Å²) in [4.78, 5) is 0. The van der Waals surface area contributed by atoms with Crippen molar-refractivity contribution in [2.45, 2.75) is 77.3 Å². The highest BCUT2D eigenvalue weighted by molar-refractivity contribution is 7.78. The molecule has 1 heterocycles. The van der Waals surface area contributed by atoms with Gasteiger partial charge in [0.2, 0.25) is 5.96 Å². The van der Waals surface area contributed by atoms with Gasteiger partial charge in [0.15, 0.2) is 0 Å². The first kappa shape index (κ1) is 26.4. The first-order valence-corrected chi connectivity index (χ1v) is 10.9. The number of hydrogen-bond acceptors (Lipinski definition) is 4. The summed E-state index contributed by atoms with van der Waals surface area (Å²) in [7, 11) is 3.28. The average molecular weight is 449 g/mol. The highest BCUT2D eigenvalue weighted by Gasteiger charge is 2.39. The van der Waals surface area contributed by atoms with Crippen LogP contribution in [0.2, 0.25) is 0 Å². The lowest BCUT2D eigenvalue weighted by molar-refractivity contribution is -0.181. The van der Waals surface area contributed by atoms with Crippen molar-refractivity contribution in [2.24, 2.45) is 5.92 Å². The van der Waals surface area contributed by atoms with E-state index in [-0.39, 0.29) is 11.4 Å². The monoisotopic (exact) mass is 448 g/mol. The minimum absolute atomic E-state index is 0.155. The molecule has 0 spiro atoms. The van der Waals surface area contributed by atoms with Crippen LogP contribution in [0.3, 0.4) is 0 Å². The van der Waals surface area contributed by atoms with Gasteiger partial charge in [0.1, 0.15) is 11.2 Å². The maximum absolute atomic E-state index is 11.9. The third kappa shape index (κ3) is 8.24. The molecule has 3 rings (SSSR count). The normalized spacial score (nSPS) is 16.5. The number of rotatable bonds is 2.